The zero-order valence-corrected chi connectivity index (χ0v) is 12.4. The van der Waals surface area contributed by atoms with Crippen LogP contribution < -0.4 is 4.72 Å². The first-order valence-corrected chi connectivity index (χ1v) is 8.07. The molecule has 1 aromatic carbocycles. The molecule has 2 rings (SSSR count). The molecule has 0 radical (unpaired) electrons. The zero-order chi connectivity index (χ0) is 12.6. The first-order chi connectivity index (χ1) is 7.94. The molecule has 0 heterocycles. The molecular formula is C11H13BrClNO2S. The van der Waals surface area contributed by atoms with Gasteiger partial charge in [-0.25, -0.2) is 13.1 Å². The predicted octanol–water partition coefficient (Wildman–Crippen LogP) is 3.18. The van der Waals surface area contributed by atoms with Gasteiger partial charge in [-0.05, 0) is 46.5 Å². The Labute approximate surface area is 115 Å². The van der Waals surface area contributed by atoms with E-state index in [1.165, 1.54) is 12.1 Å². The fourth-order valence-electron chi connectivity index (χ4n) is 1.75. The summed E-state index contributed by atoms with van der Waals surface area (Å²) in [7, 11) is -3.42. The lowest BCUT2D eigenvalue weighted by molar-refractivity contribution is 0.576. The minimum Gasteiger partial charge on any atom is -0.208 e. The molecule has 0 bridgehead atoms. The Kier molecular flexibility index (Phi) is 3.83. The van der Waals surface area contributed by atoms with E-state index in [0.717, 1.165) is 12.8 Å². The van der Waals surface area contributed by atoms with E-state index < -0.39 is 10.0 Å². The highest BCUT2D eigenvalue weighted by Crippen LogP contribution is 2.34. The molecule has 1 aliphatic rings. The Morgan fingerprint density at radius 1 is 1.53 bits per heavy atom. The van der Waals surface area contributed by atoms with Gasteiger partial charge in [-0.1, -0.05) is 24.9 Å². The summed E-state index contributed by atoms with van der Waals surface area (Å²) in [5.74, 6) is 0.487. The van der Waals surface area contributed by atoms with Crippen molar-refractivity contribution in [2.75, 3.05) is 0 Å². The standard InChI is InChI=1S/C11H13BrClNO2S/c1-2-7-5-11(7)14-17(15,16)8-3-4-10(13)9(12)6-8/h3-4,6-7,11,14H,2,5H2,1H3. The van der Waals surface area contributed by atoms with Gasteiger partial charge in [0.05, 0.1) is 9.92 Å². The second-order valence-electron chi connectivity index (χ2n) is 4.21. The quantitative estimate of drug-likeness (QED) is 0.916. The van der Waals surface area contributed by atoms with Crippen molar-refractivity contribution >= 4 is 37.6 Å². The van der Waals surface area contributed by atoms with Gasteiger partial charge in [0.2, 0.25) is 10.0 Å². The largest absolute Gasteiger partial charge is 0.240 e. The van der Waals surface area contributed by atoms with Gasteiger partial charge in [-0.3, -0.25) is 0 Å². The van der Waals surface area contributed by atoms with Crippen LogP contribution in [0.4, 0.5) is 0 Å². The average molecular weight is 339 g/mol. The van der Waals surface area contributed by atoms with Gasteiger partial charge in [0.25, 0.3) is 0 Å². The van der Waals surface area contributed by atoms with Crippen LogP contribution in [0.2, 0.25) is 5.02 Å². The maximum atomic E-state index is 12.0. The molecule has 0 saturated heterocycles. The maximum Gasteiger partial charge on any atom is 0.240 e. The van der Waals surface area contributed by atoms with E-state index in [9.17, 15) is 8.42 Å². The second-order valence-corrected chi connectivity index (χ2v) is 7.18. The van der Waals surface area contributed by atoms with E-state index in [1.807, 2.05) is 0 Å². The Morgan fingerprint density at radius 2 is 2.24 bits per heavy atom. The average Bonchev–Trinajstić information content (AvgIpc) is 2.99. The number of benzene rings is 1. The van der Waals surface area contributed by atoms with Gasteiger partial charge in [-0.15, -0.1) is 0 Å². The molecule has 1 aromatic rings. The van der Waals surface area contributed by atoms with Gasteiger partial charge >= 0.3 is 0 Å². The number of sulfonamides is 1. The molecule has 0 spiro atoms. The summed E-state index contributed by atoms with van der Waals surface area (Å²) in [6.45, 7) is 2.07. The number of rotatable bonds is 4. The normalized spacial score (nSPS) is 23.7. The topological polar surface area (TPSA) is 46.2 Å². The van der Waals surface area contributed by atoms with Crippen molar-refractivity contribution in [3.63, 3.8) is 0 Å². The van der Waals surface area contributed by atoms with Crippen molar-refractivity contribution in [1.29, 1.82) is 0 Å². The van der Waals surface area contributed by atoms with E-state index in [0.29, 0.717) is 15.4 Å². The molecule has 6 heteroatoms. The SMILES string of the molecule is CCC1CC1NS(=O)(=O)c1ccc(Cl)c(Br)c1. The predicted molar refractivity (Wildman–Crippen MR) is 71.7 cm³/mol. The van der Waals surface area contributed by atoms with Crippen LogP contribution in [-0.2, 0) is 10.0 Å². The van der Waals surface area contributed by atoms with Gasteiger partial charge in [-0.2, -0.15) is 0 Å². The first kappa shape index (κ1) is 13.3. The van der Waals surface area contributed by atoms with Crippen LogP contribution in [0.1, 0.15) is 19.8 Å². The summed E-state index contributed by atoms with van der Waals surface area (Å²) < 4.78 is 27.4. The molecule has 2 unspecified atom stereocenters. The van der Waals surface area contributed by atoms with Crippen molar-refractivity contribution in [2.45, 2.75) is 30.7 Å². The van der Waals surface area contributed by atoms with Gasteiger partial charge in [0.1, 0.15) is 0 Å². The highest BCUT2D eigenvalue weighted by Gasteiger charge is 2.38. The molecule has 1 saturated carbocycles. The van der Waals surface area contributed by atoms with Crippen molar-refractivity contribution in [1.82, 2.24) is 4.72 Å². The molecule has 2 atom stereocenters. The highest BCUT2D eigenvalue weighted by atomic mass is 79.9. The fourth-order valence-corrected chi connectivity index (χ4v) is 3.75. The molecule has 1 aliphatic carbocycles. The Hall–Kier alpha value is -0.100. The second kappa shape index (κ2) is 4.88. The lowest BCUT2D eigenvalue weighted by atomic mass is 10.3. The molecular weight excluding hydrogens is 326 g/mol. The lowest BCUT2D eigenvalue weighted by Crippen LogP contribution is -2.27. The maximum absolute atomic E-state index is 12.0. The first-order valence-electron chi connectivity index (χ1n) is 5.41. The fraction of sp³-hybridized carbons (Fsp3) is 0.455. The molecule has 94 valence electrons. The number of hydrogen-bond donors (Lipinski definition) is 1. The van der Waals surface area contributed by atoms with Crippen LogP contribution in [0, 0.1) is 5.92 Å². The van der Waals surface area contributed by atoms with Gasteiger partial charge in [0.15, 0.2) is 0 Å². The Bertz CT molecular complexity index is 532. The summed E-state index contributed by atoms with van der Waals surface area (Å²) >= 11 is 9.05. The molecule has 1 N–H and O–H groups in total. The summed E-state index contributed by atoms with van der Waals surface area (Å²) in [5.41, 5.74) is 0. The van der Waals surface area contributed by atoms with Crippen molar-refractivity contribution in [3.8, 4) is 0 Å². The monoisotopic (exact) mass is 337 g/mol. The number of nitrogens with one attached hydrogen (secondary N) is 1. The number of halogens is 2. The Balaban J connectivity index is 2.17. The van der Waals surface area contributed by atoms with Gasteiger partial charge in [0, 0.05) is 10.5 Å². The molecule has 0 aromatic heterocycles. The smallest absolute Gasteiger partial charge is 0.208 e. The van der Waals surface area contributed by atoms with Gasteiger partial charge < -0.3 is 0 Å². The van der Waals surface area contributed by atoms with Crippen LogP contribution >= 0.6 is 27.5 Å². The Morgan fingerprint density at radius 3 is 2.76 bits per heavy atom. The minimum atomic E-state index is -3.42. The van der Waals surface area contributed by atoms with E-state index >= 15 is 0 Å². The summed E-state index contributed by atoms with van der Waals surface area (Å²) in [6.07, 6.45) is 1.95. The highest BCUT2D eigenvalue weighted by molar-refractivity contribution is 9.10. The van der Waals surface area contributed by atoms with E-state index in [-0.39, 0.29) is 10.9 Å². The van der Waals surface area contributed by atoms with Crippen molar-refractivity contribution < 1.29 is 8.42 Å². The third kappa shape index (κ3) is 3.02. The third-order valence-electron chi connectivity index (χ3n) is 2.95. The van der Waals surface area contributed by atoms with E-state index in [2.05, 4.69) is 27.6 Å². The van der Waals surface area contributed by atoms with Crippen LogP contribution in [0.5, 0.6) is 0 Å². The summed E-state index contributed by atoms with van der Waals surface area (Å²) in [6, 6.07) is 4.71. The van der Waals surface area contributed by atoms with E-state index in [1.54, 1.807) is 6.07 Å². The molecule has 0 amide bonds. The van der Waals surface area contributed by atoms with Crippen LogP contribution in [-0.4, -0.2) is 14.5 Å². The molecule has 17 heavy (non-hydrogen) atoms. The zero-order valence-electron chi connectivity index (χ0n) is 9.28. The molecule has 1 fully saturated rings. The van der Waals surface area contributed by atoms with Crippen LogP contribution in [0.15, 0.2) is 27.6 Å². The molecule has 0 aliphatic heterocycles. The summed E-state index contributed by atoms with van der Waals surface area (Å²) in [5, 5.41) is 0.502. The van der Waals surface area contributed by atoms with Crippen molar-refractivity contribution in [2.24, 2.45) is 5.92 Å². The van der Waals surface area contributed by atoms with Crippen LogP contribution in [0.3, 0.4) is 0 Å². The third-order valence-corrected chi connectivity index (χ3v) is 5.66. The van der Waals surface area contributed by atoms with Crippen LogP contribution in [0.25, 0.3) is 0 Å². The summed E-state index contributed by atoms with van der Waals surface area (Å²) in [4.78, 5) is 0.246. The number of hydrogen-bond acceptors (Lipinski definition) is 2. The van der Waals surface area contributed by atoms with Crippen molar-refractivity contribution in [3.05, 3.63) is 27.7 Å². The lowest BCUT2D eigenvalue weighted by Gasteiger charge is -2.07. The molecule has 3 nitrogen and oxygen atoms in total. The van der Waals surface area contributed by atoms with E-state index in [4.69, 9.17) is 11.6 Å². The minimum absolute atomic E-state index is 0.0967.